The molecule has 1 N–H and O–H groups in total. The number of carbonyl (C=O) groups is 3. The average Bonchev–Trinajstić information content (AvgIpc) is 2.67. The van der Waals surface area contributed by atoms with E-state index in [1.807, 2.05) is 13.8 Å². The molecule has 2 amide bonds. The number of Topliss-reactive ketones (excluding diaryl/α,β-unsaturated/α-hetero) is 1. The first-order valence-corrected chi connectivity index (χ1v) is 9.37. The van der Waals surface area contributed by atoms with Gasteiger partial charge in [0.25, 0.3) is 5.91 Å². The van der Waals surface area contributed by atoms with Gasteiger partial charge in [0.15, 0.2) is 0 Å². The number of ketones is 1. The van der Waals surface area contributed by atoms with Crippen molar-refractivity contribution >= 4 is 23.3 Å². The first kappa shape index (κ1) is 19.9. The van der Waals surface area contributed by atoms with Crippen molar-refractivity contribution < 1.29 is 14.4 Å². The van der Waals surface area contributed by atoms with Gasteiger partial charge in [0.2, 0.25) is 11.7 Å². The zero-order valence-electron chi connectivity index (χ0n) is 16.0. The van der Waals surface area contributed by atoms with Crippen LogP contribution in [0.3, 0.4) is 0 Å². The van der Waals surface area contributed by atoms with Crippen LogP contribution in [0.25, 0.3) is 0 Å². The van der Waals surface area contributed by atoms with E-state index in [-0.39, 0.29) is 18.4 Å². The Labute approximate surface area is 155 Å². The number of piperazine rings is 1. The lowest BCUT2D eigenvalue weighted by Gasteiger charge is -2.36. The maximum Gasteiger partial charge on any atom is 0.288 e. The van der Waals surface area contributed by atoms with E-state index in [0.29, 0.717) is 25.9 Å². The van der Waals surface area contributed by atoms with E-state index in [1.165, 1.54) is 5.56 Å². The zero-order chi connectivity index (χ0) is 19.1. The van der Waals surface area contributed by atoms with Crippen LogP contribution in [-0.4, -0.2) is 55.2 Å². The van der Waals surface area contributed by atoms with Crippen molar-refractivity contribution in [1.82, 2.24) is 10.2 Å². The molecule has 6 nitrogen and oxygen atoms in total. The number of anilines is 1. The quantitative estimate of drug-likeness (QED) is 0.753. The fourth-order valence-corrected chi connectivity index (χ4v) is 3.17. The van der Waals surface area contributed by atoms with Crippen LogP contribution in [0, 0.1) is 12.8 Å². The number of hydrogen-bond donors (Lipinski definition) is 1. The highest BCUT2D eigenvalue weighted by atomic mass is 16.2. The van der Waals surface area contributed by atoms with Gasteiger partial charge in [0.05, 0.1) is 6.54 Å². The van der Waals surface area contributed by atoms with Crippen LogP contribution in [0.4, 0.5) is 5.69 Å². The molecule has 0 atom stereocenters. The van der Waals surface area contributed by atoms with Crippen molar-refractivity contribution in [2.45, 2.75) is 33.6 Å². The smallest absolute Gasteiger partial charge is 0.288 e. The lowest BCUT2D eigenvalue weighted by Crippen LogP contribution is -2.51. The molecule has 1 saturated heterocycles. The lowest BCUT2D eigenvalue weighted by atomic mass is 9.98. The maximum absolute atomic E-state index is 12.3. The summed E-state index contributed by atoms with van der Waals surface area (Å²) in [5, 5.41) is 2.48. The molecule has 1 aromatic rings. The predicted octanol–water partition coefficient (Wildman–Crippen LogP) is 1.77. The minimum atomic E-state index is -0.648. The summed E-state index contributed by atoms with van der Waals surface area (Å²) in [7, 11) is 0. The van der Waals surface area contributed by atoms with Crippen molar-refractivity contribution in [3.05, 3.63) is 29.8 Å². The summed E-state index contributed by atoms with van der Waals surface area (Å²) in [5.41, 5.74) is 2.38. The highest BCUT2D eigenvalue weighted by Gasteiger charge is 2.25. The Bertz CT molecular complexity index is 630. The second-order valence-corrected chi connectivity index (χ2v) is 6.76. The molecule has 2 rings (SSSR count). The van der Waals surface area contributed by atoms with Crippen molar-refractivity contribution in [1.29, 1.82) is 0 Å². The average molecular weight is 359 g/mol. The molecule has 1 aromatic carbocycles. The van der Waals surface area contributed by atoms with Gasteiger partial charge in [-0.25, -0.2) is 0 Å². The van der Waals surface area contributed by atoms with E-state index < -0.39 is 11.7 Å². The summed E-state index contributed by atoms with van der Waals surface area (Å²) >= 11 is 0. The Morgan fingerprint density at radius 2 is 1.58 bits per heavy atom. The van der Waals surface area contributed by atoms with Crippen molar-refractivity contribution in [3.63, 3.8) is 0 Å². The Kier molecular flexibility index (Phi) is 7.18. The monoisotopic (exact) mass is 359 g/mol. The predicted molar refractivity (Wildman–Crippen MR) is 102 cm³/mol. The van der Waals surface area contributed by atoms with Crippen LogP contribution >= 0.6 is 0 Å². The number of hydrogen-bond acceptors (Lipinski definition) is 4. The van der Waals surface area contributed by atoms with Gasteiger partial charge in [-0.1, -0.05) is 31.5 Å². The second kappa shape index (κ2) is 9.36. The van der Waals surface area contributed by atoms with Gasteiger partial charge in [0, 0.05) is 37.8 Å². The molecule has 0 aliphatic carbocycles. The van der Waals surface area contributed by atoms with Crippen LogP contribution in [0.15, 0.2) is 24.3 Å². The third kappa shape index (κ3) is 5.07. The molecule has 0 aromatic heterocycles. The minimum Gasteiger partial charge on any atom is -0.368 e. The molecule has 0 unspecified atom stereocenters. The maximum atomic E-state index is 12.3. The van der Waals surface area contributed by atoms with E-state index in [4.69, 9.17) is 0 Å². The molecule has 0 saturated carbocycles. The lowest BCUT2D eigenvalue weighted by molar-refractivity contribution is -0.141. The normalized spacial score (nSPS) is 14.5. The molecule has 0 spiro atoms. The van der Waals surface area contributed by atoms with Gasteiger partial charge in [-0.05, 0) is 31.9 Å². The largest absolute Gasteiger partial charge is 0.368 e. The van der Waals surface area contributed by atoms with E-state index in [0.717, 1.165) is 18.8 Å². The number of carbonyl (C=O) groups excluding carboxylic acids is 3. The highest BCUT2D eigenvalue weighted by molar-refractivity contribution is 6.37. The Morgan fingerprint density at radius 3 is 2.12 bits per heavy atom. The molecule has 1 heterocycles. The molecule has 6 heteroatoms. The third-order valence-corrected chi connectivity index (χ3v) is 5.01. The summed E-state index contributed by atoms with van der Waals surface area (Å²) in [4.78, 5) is 40.2. The number of nitrogens with zero attached hydrogens (tertiary/aromatic N) is 2. The van der Waals surface area contributed by atoms with Crippen LogP contribution in [0.1, 0.15) is 32.3 Å². The van der Waals surface area contributed by atoms with Crippen LogP contribution in [-0.2, 0) is 14.4 Å². The standard InChI is InChI=1S/C20H29N3O3/c1-4-16(5-2)19(25)20(26)21-14-18(24)23-12-10-22(11-13-23)17-8-6-15(3)7-9-17/h6-9,16H,4-5,10-14H2,1-3H3,(H,21,26). The van der Waals surface area contributed by atoms with Crippen LogP contribution < -0.4 is 10.2 Å². The number of rotatable bonds is 7. The van der Waals surface area contributed by atoms with Gasteiger partial charge >= 0.3 is 0 Å². The summed E-state index contributed by atoms with van der Waals surface area (Å²) in [6, 6.07) is 8.35. The van der Waals surface area contributed by atoms with E-state index in [1.54, 1.807) is 4.90 Å². The molecule has 1 fully saturated rings. The fraction of sp³-hybridized carbons (Fsp3) is 0.550. The van der Waals surface area contributed by atoms with Gasteiger partial charge in [0.1, 0.15) is 0 Å². The van der Waals surface area contributed by atoms with Gasteiger partial charge < -0.3 is 15.1 Å². The molecule has 1 aliphatic rings. The number of aryl methyl sites for hydroxylation is 1. The SMILES string of the molecule is CCC(CC)C(=O)C(=O)NCC(=O)N1CCN(c2ccc(C)cc2)CC1. The first-order valence-electron chi connectivity index (χ1n) is 9.37. The topological polar surface area (TPSA) is 69.7 Å². The molecular weight excluding hydrogens is 330 g/mol. The van der Waals surface area contributed by atoms with E-state index in [2.05, 4.69) is 41.4 Å². The summed E-state index contributed by atoms with van der Waals surface area (Å²) < 4.78 is 0. The first-order chi connectivity index (χ1) is 12.5. The van der Waals surface area contributed by atoms with Gasteiger partial charge in [-0.2, -0.15) is 0 Å². The van der Waals surface area contributed by atoms with Crippen LogP contribution in [0.5, 0.6) is 0 Å². The summed E-state index contributed by atoms with van der Waals surface area (Å²) in [6.45, 7) is 8.46. The Hall–Kier alpha value is -2.37. The minimum absolute atomic E-state index is 0.116. The Balaban J connectivity index is 1.78. The molecule has 26 heavy (non-hydrogen) atoms. The molecule has 0 bridgehead atoms. The number of amides is 2. The fourth-order valence-electron chi connectivity index (χ4n) is 3.17. The molecule has 0 radical (unpaired) electrons. The summed E-state index contributed by atoms with van der Waals surface area (Å²) in [5.74, 6) is -1.47. The second-order valence-electron chi connectivity index (χ2n) is 6.76. The van der Waals surface area contributed by atoms with Crippen LogP contribution in [0.2, 0.25) is 0 Å². The number of benzene rings is 1. The van der Waals surface area contributed by atoms with E-state index in [9.17, 15) is 14.4 Å². The highest BCUT2D eigenvalue weighted by Crippen LogP contribution is 2.17. The molecule has 142 valence electrons. The van der Waals surface area contributed by atoms with Gasteiger partial charge in [-0.3, -0.25) is 14.4 Å². The van der Waals surface area contributed by atoms with Gasteiger partial charge in [-0.15, -0.1) is 0 Å². The Morgan fingerprint density at radius 1 is 1.00 bits per heavy atom. The molecular formula is C20H29N3O3. The van der Waals surface area contributed by atoms with Crippen molar-refractivity contribution in [3.8, 4) is 0 Å². The third-order valence-electron chi connectivity index (χ3n) is 5.01. The van der Waals surface area contributed by atoms with E-state index >= 15 is 0 Å². The number of nitrogens with one attached hydrogen (secondary N) is 1. The summed E-state index contributed by atoms with van der Waals surface area (Å²) in [6.07, 6.45) is 1.27. The molecule has 1 aliphatic heterocycles. The zero-order valence-corrected chi connectivity index (χ0v) is 16.0. The van der Waals surface area contributed by atoms with Crippen molar-refractivity contribution in [2.24, 2.45) is 5.92 Å². The van der Waals surface area contributed by atoms with Crippen molar-refractivity contribution in [2.75, 3.05) is 37.6 Å².